The number of hydrogen-bond donors (Lipinski definition) is 2. The molecule has 1 aromatic carbocycles. The first-order chi connectivity index (χ1) is 13.4. The van der Waals surface area contributed by atoms with E-state index in [2.05, 4.69) is 5.32 Å². The third-order valence-corrected chi connectivity index (χ3v) is 4.60. The summed E-state index contributed by atoms with van der Waals surface area (Å²) in [6, 6.07) is 4.18. The van der Waals surface area contributed by atoms with Gasteiger partial charge in [-0.25, -0.2) is 8.78 Å². The van der Waals surface area contributed by atoms with Crippen LogP contribution in [0.25, 0.3) is 0 Å². The van der Waals surface area contributed by atoms with Crippen molar-refractivity contribution in [2.75, 3.05) is 25.0 Å². The average Bonchev–Trinajstić information content (AvgIpc) is 3.23. The van der Waals surface area contributed by atoms with E-state index in [0.29, 0.717) is 31.5 Å². The summed E-state index contributed by atoms with van der Waals surface area (Å²) < 4.78 is 31.6. The highest BCUT2D eigenvalue weighted by atomic mass is 19.1. The highest BCUT2D eigenvalue weighted by Crippen LogP contribution is 2.19. The number of nitrogens with zero attached hydrogens (tertiary/aromatic N) is 1. The smallest absolute Gasteiger partial charge is 0.313 e. The molecule has 148 valence electrons. The van der Waals surface area contributed by atoms with E-state index in [1.807, 2.05) is 5.32 Å². The van der Waals surface area contributed by atoms with E-state index in [1.165, 1.54) is 12.5 Å². The molecule has 1 fully saturated rings. The highest BCUT2D eigenvalue weighted by molar-refractivity contribution is 6.39. The van der Waals surface area contributed by atoms with Crippen LogP contribution in [0.4, 0.5) is 14.5 Å². The number of rotatable bonds is 4. The highest BCUT2D eigenvalue weighted by Gasteiger charge is 2.25. The van der Waals surface area contributed by atoms with E-state index in [0.717, 1.165) is 18.2 Å². The van der Waals surface area contributed by atoms with Crippen molar-refractivity contribution in [2.45, 2.75) is 12.8 Å². The molecule has 0 unspecified atom stereocenters. The lowest BCUT2D eigenvalue weighted by molar-refractivity contribution is -0.136. The number of carbonyl (C=O) groups is 3. The van der Waals surface area contributed by atoms with Crippen molar-refractivity contribution < 1.29 is 27.6 Å². The third-order valence-electron chi connectivity index (χ3n) is 4.60. The topological polar surface area (TPSA) is 91.7 Å². The molecular weight excluding hydrogens is 372 g/mol. The molecule has 1 aliphatic rings. The van der Waals surface area contributed by atoms with Crippen molar-refractivity contribution >= 4 is 23.4 Å². The summed E-state index contributed by atoms with van der Waals surface area (Å²) in [5, 5.41) is 4.54. The Hall–Kier alpha value is -3.23. The van der Waals surface area contributed by atoms with Gasteiger partial charge in [0.15, 0.2) is 0 Å². The molecule has 1 aliphatic heterocycles. The Kier molecular flexibility index (Phi) is 6.03. The van der Waals surface area contributed by atoms with Crippen LogP contribution in [0.15, 0.2) is 41.2 Å². The first kappa shape index (κ1) is 19.5. The number of likely N-dealkylation sites (tertiary alicyclic amines) is 1. The van der Waals surface area contributed by atoms with Gasteiger partial charge in [0.25, 0.3) is 5.91 Å². The van der Waals surface area contributed by atoms with Crippen LogP contribution in [0.5, 0.6) is 0 Å². The summed E-state index contributed by atoms with van der Waals surface area (Å²) in [6.45, 7) is 1.32. The molecule has 0 saturated carbocycles. The fourth-order valence-corrected chi connectivity index (χ4v) is 3.00. The molecule has 2 aromatic rings. The Labute approximate surface area is 159 Å². The van der Waals surface area contributed by atoms with Crippen LogP contribution < -0.4 is 10.6 Å². The van der Waals surface area contributed by atoms with Crippen LogP contribution in [0, 0.1) is 17.6 Å². The molecule has 2 N–H and O–H groups in total. The summed E-state index contributed by atoms with van der Waals surface area (Å²) in [4.78, 5) is 37.7. The molecule has 7 nitrogen and oxygen atoms in total. The molecule has 0 bridgehead atoms. The molecule has 0 aliphatic carbocycles. The van der Waals surface area contributed by atoms with Gasteiger partial charge in [0.1, 0.15) is 17.9 Å². The number of furan rings is 1. The molecule has 2 heterocycles. The molecule has 0 atom stereocenters. The van der Waals surface area contributed by atoms with Gasteiger partial charge in [-0.3, -0.25) is 14.4 Å². The summed E-state index contributed by atoms with van der Waals surface area (Å²) in [7, 11) is 0. The number of halogens is 2. The van der Waals surface area contributed by atoms with Gasteiger partial charge >= 0.3 is 11.8 Å². The molecular formula is C19H19F2N3O4. The zero-order valence-corrected chi connectivity index (χ0v) is 14.9. The lowest BCUT2D eigenvalue weighted by Gasteiger charge is -2.31. The number of carbonyl (C=O) groups excluding carboxylic acids is 3. The van der Waals surface area contributed by atoms with Gasteiger partial charge in [-0.1, -0.05) is 0 Å². The van der Waals surface area contributed by atoms with Gasteiger partial charge in [0.05, 0.1) is 17.5 Å². The van der Waals surface area contributed by atoms with E-state index >= 15 is 0 Å². The van der Waals surface area contributed by atoms with E-state index in [9.17, 15) is 23.2 Å². The molecule has 1 saturated heterocycles. The van der Waals surface area contributed by atoms with Gasteiger partial charge in [-0.05, 0) is 37.0 Å². The molecule has 0 spiro atoms. The van der Waals surface area contributed by atoms with Crippen molar-refractivity contribution in [1.82, 2.24) is 10.2 Å². The van der Waals surface area contributed by atoms with Gasteiger partial charge in [-0.15, -0.1) is 0 Å². The minimum atomic E-state index is -1.07. The first-order valence-corrected chi connectivity index (χ1v) is 8.79. The number of anilines is 1. The summed E-state index contributed by atoms with van der Waals surface area (Å²) >= 11 is 0. The van der Waals surface area contributed by atoms with Crippen LogP contribution in [-0.4, -0.2) is 42.3 Å². The normalized spacial score (nSPS) is 14.6. The lowest BCUT2D eigenvalue weighted by Crippen LogP contribution is -2.43. The largest absolute Gasteiger partial charge is 0.472 e. The maximum Gasteiger partial charge on any atom is 0.313 e. The Morgan fingerprint density at radius 3 is 2.54 bits per heavy atom. The number of amides is 3. The van der Waals surface area contributed by atoms with Crippen molar-refractivity contribution in [2.24, 2.45) is 5.92 Å². The monoisotopic (exact) mass is 391 g/mol. The average molecular weight is 391 g/mol. The number of benzene rings is 1. The van der Waals surface area contributed by atoms with Crippen LogP contribution in [-0.2, 0) is 9.59 Å². The number of nitrogens with one attached hydrogen (secondary N) is 2. The van der Waals surface area contributed by atoms with Crippen molar-refractivity contribution in [3.8, 4) is 0 Å². The zero-order valence-electron chi connectivity index (χ0n) is 14.9. The zero-order chi connectivity index (χ0) is 20.1. The first-order valence-electron chi connectivity index (χ1n) is 8.79. The van der Waals surface area contributed by atoms with Crippen LogP contribution in [0.3, 0.4) is 0 Å². The van der Waals surface area contributed by atoms with E-state index in [-0.39, 0.29) is 18.4 Å². The van der Waals surface area contributed by atoms with Crippen molar-refractivity contribution in [3.63, 3.8) is 0 Å². The summed E-state index contributed by atoms with van der Waals surface area (Å²) in [6.07, 6.45) is 4.18. The Balaban J connectivity index is 1.43. The fourth-order valence-electron chi connectivity index (χ4n) is 3.00. The molecule has 28 heavy (non-hydrogen) atoms. The summed E-state index contributed by atoms with van der Waals surface area (Å²) in [5.41, 5.74) is 0.0965. The standard InChI is InChI=1S/C19H19F2N3O4/c20-14-1-2-15(21)16(9-14)23-18(26)17(25)22-10-12-3-6-24(7-4-12)19(27)13-5-8-28-11-13/h1-2,5,8-9,11-12H,3-4,6-7,10H2,(H,22,25)(H,23,26). The number of hydrogen-bond acceptors (Lipinski definition) is 4. The van der Waals surface area contributed by atoms with Gasteiger partial charge in [0, 0.05) is 25.7 Å². The van der Waals surface area contributed by atoms with E-state index < -0.39 is 29.1 Å². The fraction of sp³-hybridized carbons (Fsp3) is 0.316. The number of piperidine rings is 1. The predicted molar refractivity (Wildman–Crippen MR) is 95.3 cm³/mol. The Bertz CT molecular complexity index is 862. The lowest BCUT2D eigenvalue weighted by atomic mass is 9.96. The van der Waals surface area contributed by atoms with Crippen molar-refractivity contribution in [3.05, 3.63) is 54.0 Å². The third kappa shape index (κ3) is 4.73. The minimum Gasteiger partial charge on any atom is -0.472 e. The molecule has 3 amide bonds. The Morgan fingerprint density at radius 1 is 1.11 bits per heavy atom. The molecule has 9 heteroatoms. The van der Waals surface area contributed by atoms with Gasteiger partial charge in [0.2, 0.25) is 0 Å². The maximum atomic E-state index is 13.5. The quantitative estimate of drug-likeness (QED) is 0.782. The van der Waals surface area contributed by atoms with E-state index in [4.69, 9.17) is 4.42 Å². The Morgan fingerprint density at radius 2 is 1.86 bits per heavy atom. The maximum absolute atomic E-state index is 13.5. The molecule has 3 rings (SSSR count). The SMILES string of the molecule is O=C(NCC1CCN(C(=O)c2ccoc2)CC1)C(=O)Nc1cc(F)ccc1F. The van der Waals surface area contributed by atoms with Crippen molar-refractivity contribution in [1.29, 1.82) is 0 Å². The second kappa shape index (κ2) is 8.64. The second-order valence-corrected chi connectivity index (χ2v) is 6.54. The summed E-state index contributed by atoms with van der Waals surface area (Å²) in [5.74, 6) is -3.56. The van der Waals surface area contributed by atoms with Gasteiger partial charge in [-0.2, -0.15) is 0 Å². The van der Waals surface area contributed by atoms with E-state index in [1.54, 1.807) is 11.0 Å². The van der Waals surface area contributed by atoms with Gasteiger partial charge < -0.3 is 20.0 Å². The van der Waals surface area contributed by atoms with Crippen LogP contribution in [0.1, 0.15) is 23.2 Å². The predicted octanol–water partition coefficient (Wildman–Crippen LogP) is 2.16. The molecule has 0 radical (unpaired) electrons. The van der Waals surface area contributed by atoms with Crippen LogP contribution in [0.2, 0.25) is 0 Å². The minimum absolute atomic E-state index is 0.104. The molecule has 1 aromatic heterocycles. The second-order valence-electron chi connectivity index (χ2n) is 6.54. The van der Waals surface area contributed by atoms with Crippen LogP contribution >= 0.6 is 0 Å².